The summed E-state index contributed by atoms with van der Waals surface area (Å²) in [6, 6.07) is 4.68. The van der Waals surface area contributed by atoms with Crippen LogP contribution in [0.25, 0.3) is 0 Å². The predicted octanol–water partition coefficient (Wildman–Crippen LogP) is 2.88. The number of amides is 1. The Bertz CT molecular complexity index is 428. The first-order valence-electron chi connectivity index (χ1n) is 6.55. The van der Waals surface area contributed by atoms with Gasteiger partial charge in [0, 0.05) is 19.6 Å². The van der Waals surface area contributed by atoms with E-state index in [2.05, 4.69) is 5.32 Å². The van der Waals surface area contributed by atoms with Crippen LogP contribution in [0.3, 0.4) is 0 Å². The molecule has 1 heterocycles. The van der Waals surface area contributed by atoms with Crippen LogP contribution in [-0.2, 0) is 0 Å². The first-order valence-corrected chi connectivity index (χ1v) is 6.55. The van der Waals surface area contributed by atoms with Crippen LogP contribution in [0.4, 0.5) is 10.1 Å². The van der Waals surface area contributed by atoms with Gasteiger partial charge in [0.25, 0.3) is 5.91 Å². The highest BCUT2D eigenvalue weighted by atomic mass is 19.1. The van der Waals surface area contributed by atoms with Crippen molar-refractivity contribution in [1.82, 2.24) is 4.90 Å². The van der Waals surface area contributed by atoms with E-state index in [4.69, 9.17) is 0 Å². The van der Waals surface area contributed by atoms with E-state index in [9.17, 15) is 9.18 Å². The van der Waals surface area contributed by atoms with Crippen molar-refractivity contribution in [2.45, 2.75) is 26.2 Å². The molecule has 1 fully saturated rings. The average molecular weight is 250 g/mol. The fourth-order valence-corrected chi connectivity index (χ4v) is 2.22. The first kappa shape index (κ1) is 12.9. The molecule has 0 atom stereocenters. The Kier molecular flexibility index (Phi) is 4.18. The highest BCUT2D eigenvalue weighted by Gasteiger charge is 2.23. The Morgan fingerprint density at radius 1 is 1.39 bits per heavy atom. The van der Waals surface area contributed by atoms with Crippen molar-refractivity contribution in [1.29, 1.82) is 0 Å². The van der Waals surface area contributed by atoms with Crippen molar-refractivity contribution >= 4 is 11.6 Å². The lowest BCUT2D eigenvalue weighted by Crippen LogP contribution is -2.28. The van der Waals surface area contributed by atoms with E-state index in [-0.39, 0.29) is 11.7 Å². The minimum atomic E-state index is -0.353. The van der Waals surface area contributed by atoms with Crippen LogP contribution in [0.1, 0.15) is 36.5 Å². The van der Waals surface area contributed by atoms with E-state index >= 15 is 0 Å². The van der Waals surface area contributed by atoms with Gasteiger partial charge in [0.1, 0.15) is 5.82 Å². The fourth-order valence-electron chi connectivity index (χ4n) is 2.22. The highest BCUT2D eigenvalue weighted by molar-refractivity contribution is 5.99. The van der Waals surface area contributed by atoms with Gasteiger partial charge in [-0.05, 0) is 31.4 Å². The van der Waals surface area contributed by atoms with Crippen molar-refractivity contribution in [3.63, 3.8) is 0 Å². The number of halogens is 1. The number of carbonyl (C=O) groups excluding carboxylic acids is 1. The van der Waals surface area contributed by atoms with Gasteiger partial charge in [-0.25, -0.2) is 4.39 Å². The number of carbonyl (C=O) groups is 1. The van der Waals surface area contributed by atoms with Crippen molar-refractivity contribution < 1.29 is 9.18 Å². The van der Waals surface area contributed by atoms with Gasteiger partial charge >= 0.3 is 0 Å². The third-order valence-electron chi connectivity index (χ3n) is 3.19. The standard InChI is InChI=1S/C14H19FN2O/c1-2-8-16-13-11(6-5-7-12(13)15)14(18)17-9-3-4-10-17/h5-7,16H,2-4,8-10H2,1H3. The molecule has 1 aromatic rings. The summed E-state index contributed by atoms with van der Waals surface area (Å²) in [6.07, 6.45) is 2.98. The van der Waals surface area contributed by atoms with E-state index < -0.39 is 0 Å². The summed E-state index contributed by atoms with van der Waals surface area (Å²) in [7, 11) is 0. The molecule has 1 N–H and O–H groups in total. The number of benzene rings is 1. The molecule has 0 unspecified atom stereocenters. The van der Waals surface area contributed by atoms with Crippen LogP contribution in [-0.4, -0.2) is 30.4 Å². The maximum Gasteiger partial charge on any atom is 0.256 e. The summed E-state index contributed by atoms with van der Waals surface area (Å²) in [4.78, 5) is 14.1. The van der Waals surface area contributed by atoms with Crippen molar-refractivity contribution in [3.8, 4) is 0 Å². The molecule has 0 aliphatic carbocycles. The largest absolute Gasteiger partial charge is 0.382 e. The van der Waals surface area contributed by atoms with Gasteiger partial charge < -0.3 is 10.2 Å². The summed E-state index contributed by atoms with van der Waals surface area (Å²) in [6.45, 7) is 4.24. The molecule has 4 heteroatoms. The lowest BCUT2D eigenvalue weighted by Gasteiger charge is -2.18. The van der Waals surface area contributed by atoms with Crippen LogP contribution in [0.5, 0.6) is 0 Å². The number of hydrogen-bond donors (Lipinski definition) is 1. The van der Waals surface area contributed by atoms with Crippen molar-refractivity contribution in [3.05, 3.63) is 29.6 Å². The van der Waals surface area contributed by atoms with Gasteiger partial charge in [-0.3, -0.25) is 4.79 Å². The average Bonchev–Trinajstić information content (AvgIpc) is 2.90. The SMILES string of the molecule is CCCNc1c(F)cccc1C(=O)N1CCCC1. The normalized spacial score (nSPS) is 14.9. The summed E-state index contributed by atoms with van der Waals surface area (Å²) in [5, 5.41) is 3.01. The molecule has 18 heavy (non-hydrogen) atoms. The van der Waals surface area contributed by atoms with Gasteiger partial charge in [-0.2, -0.15) is 0 Å². The zero-order valence-corrected chi connectivity index (χ0v) is 10.7. The Labute approximate surface area is 107 Å². The third-order valence-corrected chi connectivity index (χ3v) is 3.19. The van der Waals surface area contributed by atoms with E-state index in [0.29, 0.717) is 17.8 Å². The lowest BCUT2D eigenvalue weighted by atomic mass is 10.1. The quantitative estimate of drug-likeness (QED) is 0.891. The van der Waals surface area contributed by atoms with Gasteiger partial charge in [-0.15, -0.1) is 0 Å². The molecule has 3 nitrogen and oxygen atoms in total. The predicted molar refractivity (Wildman–Crippen MR) is 70.3 cm³/mol. The van der Waals surface area contributed by atoms with Gasteiger partial charge in [-0.1, -0.05) is 13.0 Å². The number of para-hydroxylation sites is 1. The second-order valence-electron chi connectivity index (χ2n) is 4.59. The number of anilines is 1. The zero-order chi connectivity index (χ0) is 13.0. The summed E-state index contributed by atoms with van der Waals surface area (Å²) in [5.41, 5.74) is 0.793. The van der Waals surface area contributed by atoms with Gasteiger partial charge in [0.2, 0.25) is 0 Å². The van der Waals surface area contributed by atoms with Gasteiger partial charge in [0.05, 0.1) is 11.3 Å². The molecule has 2 rings (SSSR count). The van der Waals surface area contributed by atoms with E-state index in [1.54, 1.807) is 17.0 Å². The lowest BCUT2D eigenvalue weighted by molar-refractivity contribution is 0.0793. The van der Waals surface area contributed by atoms with Crippen molar-refractivity contribution in [2.24, 2.45) is 0 Å². The molecule has 1 saturated heterocycles. The monoisotopic (exact) mass is 250 g/mol. The molecular weight excluding hydrogens is 231 g/mol. The second kappa shape index (κ2) is 5.85. The zero-order valence-electron chi connectivity index (χ0n) is 10.7. The maximum absolute atomic E-state index is 13.8. The molecule has 0 radical (unpaired) electrons. The topological polar surface area (TPSA) is 32.3 Å². The van der Waals surface area contributed by atoms with Crippen LogP contribution in [0.15, 0.2) is 18.2 Å². The highest BCUT2D eigenvalue weighted by Crippen LogP contribution is 2.23. The van der Waals surface area contributed by atoms with Crippen LogP contribution in [0.2, 0.25) is 0 Å². The summed E-state index contributed by atoms with van der Waals surface area (Å²) >= 11 is 0. The van der Waals surface area contributed by atoms with Crippen LogP contribution in [0, 0.1) is 5.82 Å². The molecule has 1 aromatic carbocycles. The molecule has 1 aliphatic rings. The number of hydrogen-bond acceptors (Lipinski definition) is 2. The molecular formula is C14H19FN2O. The van der Waals surface area contributed by atoms with Gasteiger partial charge in [0.15, 0.2) is 0 Å². The Morgan fingerprint density at radius 3 is 2.78 bits per heavy atom. The number of likely N-dealkylation sites (tertiary alicyclic amines) is 1. The molecule has 0 bridgehead atoms. The molecule has 0 spiro atoms. The smallest absolute Gasteiger partial charge is 0.256 e. The minimum Gasteiger partial charge on any atom is -0.382 e. The summed E-state index contributed by atoms with van der Waals surface area (Å²) in [5.74, 6) is -0.417. The first-order chi connectivity index (χ1) is 8.74. The Morgan fingerprint density at radius 2 is 2.11 bits per heavy atom. The molecule has 1 aliphatic heterocycles. The molecule has 98 valence electrons. The molecule has 1 amide bonds. The number of rotatable bonds is 4. The second-order valence-corrected chi connectivity index (χ2v) is 4.59. The summed E-state index contributed by atoms with van der Waals surface area (Å²) < 4.78 is 13.8. The fraction of sp³-hybridized carbons (Fsp3) is 0.500. The Hall–Kier alpha value is -1.58. The number of nitrogens with one attached hydrogen (secondary N) is 1. The van der Waals surface area contributed by atoms with Crippen LogP contribution >= 0.6 is 0 Å². The Balaban J connectivity index is 2.25. The molecule has 0 saturated carbocycles. The van der Waals surface area contributed by atoms with Crippen molar-refractivity contribution in [2.75, 3.05) is 25.0 Å². The maximum atomic E-state index is 13.8. The van der Waals surface area contributed by atoms with E-state index in [1.807, 2.05) is 6.92 Å². The number of nitrogens with zero attached hydrogens (tertiary/aromatic N) is 1. The van der Waals surface area contributed by atoms with E-state index in [0.717, 1.165) is 32.4 Å². The van der Waals surface area contributed by atoms with E-state index in [1.165, 1.54) is 6.07 Å². The molecule has 0 aromatic heterocycles. The third kappa shape index (κ3) is 2.63. The minimum absolute atomic E-state index is 0.0643. The van der Waals surface area contributed by atoms with Crippen LogP contribution < -0.4 is 5.32 Å².